The van der Waals surface area contributed by atoms with Gasteiger partial charge in [0.2, 0.25) is 0 Å². The molecular weight excluding hydrogens is 510 g/mol. The van der Waals surface area contributed by atoms with Crippen LogP contribution in [-0.4, -0.2) is 5.43 Å². The van der Waals surface area contributed by atoms with Crippen LogP contribution in [0.3, 0.4) is 0 Å². The summed E-state index contributed by atoms with van der Waals surface area (Å²) in [5.74, 6) is 3.12. The maximum atomic E-state index is 5.88. The van der Waals surface area contributed by atoms with E-state index in [0.29, 0.717) is 11.8 Å². The van der Waals surface area contributed by atoms with Gasteiger partial charge in [-0.25, -0.2) is 0 Å². The third kappa shape index (κ3) is 4.39. The summed E-state index contributed by atoms with van der Waals surface area (Å²) >= 11 is -2.13. The van der Waals surface area contributed by atoms with Gasteiger partial charge in [-0.1, -0.05) is 0 Å². The molecule has 2 aliphatic carbocycles. The molecule has 2 aromatic rings. The van der Waals surface area contributed by atoms with E-state index in [-0.39, 0.29) is 24.8 Å². The smallest absolute Gasteiger partial charge is 1.00 e. The van der Waals surface area contributed by atoms with Crippen molar-refractivity contribution in [3.05, 3.63) is 78.2 Å². The number of rotatable bonds is 4. The summed E-state index contributed by atoms with van der Waals surface area (Å²) in [4.78, 5) is 0. The van der Waals surface area contributed by atoms with E-state index in [0.717, 1.165) is 11.5 Å². The standard InChI is InChI=1S/2C11H11O.C2H6Si.2ClH.Zr/c2*1-8-6-10(7-9(8)2)11-4-3-5-12-11;1-3-2;;;/h2*3-6,9H,1-2H3;1-2H3;2*1H;/q;;;;;+2/p-2. The first-order valence-electron chi connectivity index (χ1n) is 10.0. The van der Waals surface area contributed by atoms with Crippen LogP contribution in [0.1, 0.15) is 39.2 Å². The van der Waals surface area contributed by atoms with Crippen LogP contribution in [0, 0.1) is 11.8 Å². The minimum absolute atomic E-state index is 0. The van der Waals surface area contributed by atoms with E-state index < -0.39 is 25.8 Å². The molecule has 0 saturated carbocycles. The van der Waals surface area contributed by atoms with Crippen molar-refractivity contribution in [3.8, 4) is 0 Å². The molecule has 2 heterocycles. The van der Waals surface area contributed by atoms with E-state index in [1.54, 1.807) is 19.1 Å². The summed E-state index contributed by atoms with van der Waals surface area (Å²) in [6, 6.07) is 8.27. The average molecular weight is 539 g/mol. The zero-order valence-electron chi connectivity index (χ0n) is 18.3. The Bertz CT molecular complexity index is 986. The molecule has 0 bridgehead atoms. The van der Waals surface area contributed by atoms with Crippen LogP contribution in [0.2, 0.25) is 13.1 Å². The summed E-state index contributed by atoms with van der Waals surface area (Å²) in [6.07, 6.45) is 8.38. The van der Waals surface area contributed by atoms with Gasteiger partial charge in [-0.05, 0) is 0 Å². The number of allylic oxidation sites excluding steroid dienone is 8. The normalized spacial score (nSPS) is 20.3. The largest absolute Gasteiger partial charge is 1.00 e. The third-order valence-electron chi connectivity index (χ3n) is 6.17. The van der Waals surface area contributed by atoms with Crippen LogP contribution in [0.5, 0.6) is 0 Å². The summed E-state index contributed by atoms with van der Waals surface area (Å²) in [7, 11) is 0. The van der Waals surface area contributed by atoms with Gasteiger partial charge < -0.3 is 24.8 Å². The third-order valence-corrected chi connectivity index (χ3v) is 23.8. The van der Waals surface area contributed by atoms with Crippen LogP contribution < -0.4 is 24.8 Å². The van der Waals surface area contributed by atoms with Crippen LogP contribution in [0.25, 0.3) is 11.1 Å². The maximum absolute atomic E-state index is 5.88. The predicted molar refractivity (Wildman–Crippen MR) is 115 cm³/mol. The minimum atomic E-state index is -2.13. The van der Waals surface area contributed by atoms with Gasteiger partial charge in [-0.3, -0.25) is 0 Å². The Kier molecular flexibility index (Phi) is 8.67. The summed E-state index contributed by atoms with van der Waals surface area (Å²) < 4.78 is 15.2. The predicted octanol–water partition coefficient (Wildman–Crippen LogP) is 1.06. The maximum Gasteiger partial charge on any atom is -1.00 e. The molecule has 2 aliphatic rings. The van der Waals surface area contributed by atoms with Crippen LogP contribution in [0.15, 0.2) is 75.5 Å². The molecular formula is C24H28Cl2O2SiZr. The van der Waals surface area contributed by atoms with Gasteiger partial charge in [0, 0.05) is 0 Å². The fraction of sp³-hybridized carbons (Fsp3) is 0.333. The molecule has 0 spiro atoms. The summed E-state index contributed by atoms with van der Waals surface area (Å²) in [5.41, 5.74) is 5.22. The van der Waals surface area contributed by atoms with Gasteiger partial charge in [-0.2, -0.15) is 0 Å². The molecule has 0 aromatic carbocycles. The topological polar surface area (TPSA) is 26.3 Å². The molecule has 0 N–H and O–H groups in total. The molecule has 2 nitrogen and oxygen atoms in total. The zero-order valence-corrected chi connectivity index (χ0v) is 23.3. The van der Waals surface area contributed by atoms with Gasteiger partial charge >= 0.3 is 177 Å². The van der Waals surface area contributed by atoms with Gasteiger partial charge in [-0.15, -0.1) is 0 Å². The first-order valence-corrected chi connectivity index (χ1v) is 18.6. The second-order valence-electron chi connectivity index (χ2n) is 8.20. The van der Waals surface area contributed by atoms with Gasteiger partial charge in [0.05, 0.1) is 0 Å². The monoisotopic (exact) mass is 536 g/mol. The van der Waals surface area contributed by atoms with Crippen molar-refractivity contribution in [2.24, 2.45) is 11.8 Å². The molecule has 0 fully saturated rings. The van der Waals surface area contributed by atoms with Crippen molar-refractivity contribution >= 4 is 16.6 Å². The van der Waals surface area contributed by atoms with Crippen molar-refractivity contribution < 1.29 is 54.0 Å². The number of furan rings is 2. The van der Waals surface area contributed by atoms with Gasteiger partial charge in [0.25, 0.3) is 0 Å². The van der Waals surface area contributed by atoms with E-state index in [4.69, 9.17) is 8.83 Å². The Morgan fingerprint density at radius 1 is 0.767 bits per heavy atom. The quantitative estimate of drug-likeness (QED) is 0.545. The second kappa shape index (κ2) is 10.2. The Balaban J connectivity index is 0.00000160. The van der Waals surface area contributed by atoms with Crippen molar-refractivity contribution in [1.82, 2.24) is 0 Å². The molecule has 2 unspecified atom stereocenters. The molecule has 30 heavy (non-hydrogen) atoms. The van der Waals surface area contributed by atoms with Crippen LogP contribution in [-0.2, 0) is 20.4 Å². The van der Waals surface area contributed by atoms with Crippen molar-refractivity contribution in [1.29, 1.82) is 0 Å². The first-order chi connectivity index (χ1) is 13.4. The van der Waals surface area contributed by atoms with E-state index in [1.165, 1.54) is 22.3 Å². The summed E-state index contributed by atoms with van der Waals surface area (Å²) in [5, 5.41) is 0. The molecule has 2 atom stereocenters. The SMILES string of the molecule is CC1=CC(c2ccco2)=[C]([Zr+2]([C]2=C(c3ccco3)C=C(C)C2C)=[Si](C)C)C1C.[Cl-].[Cl-]. The Hall–Kier alpha value is -0.800. The first kappa shape index (κ1) is 25.5. The Morgan fingerprint density at radius 2 is 1.17 bits per heavy atom. The molecule has 158 valence electrons. The molecule has 0 saturated heterocycles. The molecule has 2 aromatic heterocycles. The molecule has 6 heteroatoms. The van der Waals surface area contributed by atoms with E-state index in [9.17, 15) is 0 Å². The van der Waals surface area contributed by atoms with Crippen molar-refractivity contribution in [2.45, 2.75) is 40.8 Å². The molecule has 0 amide bonds. The number of hydrogen-bond acceptors (Lipinski definition) is 2. The molecule has 0 radical (unpaired) electrons. The van der Waals surface area contributed by atoms with E-state index in [1.807, 2.05) is 12.1 Å². The molecule has 0 aliphatic heterocycles. The zero-order chi connectivity index (χ0) is 20.0. The van der Waals surface area contributed by atoms with Gasteiger partial charge in [0.1, 0.15) is 0 Å². The van der Waals surface area contributed by atoms with Crippen LogP contribution in [0.4, 0.5) is 0 Å². The van der Waals surface area contributed by atoms with Crippen molar-refractivity contribution in [2.75, 3.05) is 0 Å². The van der Waals surface area contributed by atoms with E-state index in [2.05, 4.69) is 65.1 Å². The Morgan fingerprint density at radius 3 is 1.47 bits per heavy atom. The minimum Gasteiger partial charge on any atom is -1.00 e. The fourth-order valence-electron chi connectivity index (χ4n) is 4.44. The summed E-state index contributed by atoms with van der Waals surface area (Å²) in [6.45, 7) is 14.4. The number of hydrogen-bond donors (Lipinski definition) is 0. The fourth-order valence-corrected chi connectivity index (χ4v) is 23.9. The van der Waals surface area contributed by atoms with Crippen LogP contribution >= 0.6 is 0 Å². The molecule has 4 rings (SSSR count). The second-order valence-corrected chi connectivity index (χ2v) is 25.0. The van der Waals surface area contributed by atoms with Crippen molar-refractivity contribution in [3.63, 3.8) is 0 Å². The average Bonchev–Trinajstić information content (AvgIpc) is 3.43. The van der Waals surface area contributed by atoms with Gasteiger partial charge in [0.15, 0.2) is 0 Å². The Labute approximate surface area is 200 Å². The number of halogens is 2. The van der Waals surface area contributed by atoms with E-state index >= 15 is 0 Å².